The van der Waals surface area contributed by atoms with E-state index in [0.29, 0.717) is 50.5 Å². The molecule has 0 aromatic heterocycles. The van der Waals surface area contributed by atoms with Crippen LogP contribution in [0.5, 0.6) is 5.75 Å². The minimum Gasteiger partial charge on any atom is -0.508 e. The number of phenolic OH excluding ortho intramolecular Hbond substituents is 1. The number of nitrogens with zero attached hydrogens (tertiary/aromatic N) is 3. The van der Waals surface area contributed by atoms with Gasteiger partial charge in [0.2, 0.25) is 5.91 Å². The molecular formula is C22H31N3O4. The van der Waals surface area contributed by atoms with Crippen molar-refractivity contribution in [3.05, 3.63) is 29.3 Å². The van der Waals surface area contributed by atoms with Gasteiger partial charge in [-0.25, -0.2) is 0 Å². The van der Waals surface area contributed by atoms with E-state index in [2.05, 4.69) is 4.90 Å². The van der Waals surface area contributed by atoms with E-state index in [1.807, 2.05) is 9.80 Å². The predicted molar refractivity (Wildman–Crippen MR) is 109 cm³/mol. The number of carbonyl (C=O) groups excluding carboxylic acids is 2. The average molecular weight is 402 g/mol. The highest BCUT2D eigenvalue weighted by molar-refractivity contribution is 5.94. The van der Waals surface area contributed by atoms with Gasteiger partial charge in [-0.15, -0.1) is 0 Å². The molecule has 1 aromatic rings. The monoisotopic (exact) mass is 401 g/mol. The van der Waals surface area contributed by atoms with Gasteiger partial charge in [0.1, 0.15) is 5.75 Å². The molecular weight excluding hydrogens is 370 g/mol. The number of benzene rings is 1. The van der Waals surface area contributed by atoms with E-state index in [0.717, 1.165) is 25.9 Å². The molecule has 1 spiro atoms. The Labute approximate surface area is 172 Å². The summed E-state index contributed by atoms with van der Waals surface area (Å²) in [5.74, 6) is 0.388. The van der Waals surface area contributed by atoms with E-state index in [4.69, 9.17) is 4.74 Å². The SMILES string of the molecule is Cc1cc(C(=O)N2CCOC3(CCN(C(=O)CN4CCCC4)CC3)C2)ccc1O. The minimum absolute atomic E-state index is 0.0247. The van der Waals surface area contributed by atoms with Crippen LogP contribution >= 0.6 is 0 Å². The minimum atomic E-state index is -0.357. The topological polar surface area (TPSA) is 73.3 Å². The molecule has 0 unspecified atom stereocenters. The van der Waals surface area contributed by atoms with Gasteiger partial charge < -0.3 is 19.6 Å². The first-order valence-corrected chi connectivity index (χ1v) is 10.7. The lowest BCUT2D eigenvalue weighted by molar-refractivity contribution is -0.147. The number of piperidine rings is 1. The number of hydrogen-bond donors (Lipinski definition) is 1. The maximum absolute atomic E-state index is 13.0. The van der Waals surface area contributed by atoms with Gasteiger partial charge in [-0.1, -0.05) is 0 Å². The Hall–Kier alpha value is -2.12. The first-order valence-electron chi connectivity index (χ1n) is 10.7. The number of aromatic hydroxyl groups is 1. The molecule has 3 saturated heterocycles. The van der Waals surface area contributed by atoms with Crippen molar-refractivity contribution in [3.63, 3.8) is 0 Å². The molecule has 1 aromatic carbocycles. The molecule has 0 atom stereocenters. The number of rotatable bonds is 3. The fourth-order valence-electron chi connectivity index (χ4n) is 4.69. The first kappa shape index (κ1) is 20.2. The van der Waals surface area contributed by atoms with E-state index in [9.17, 15) is 14.7 Å². The standard InChI is InChI=1S/C22H31N3O4/c1-17-14-18(4-5-19(17)26)21(28)25-12-13-29-22(16-25)6-10-24(11-7-22)20(27)15-23-8-2-3-9-23/h4-5,14,26H,2-3,6-13,15-16H2,1H3. The van der Waals surface area contributed by atoms with E-state index in [1.165, 1.54) is 12.8 Å². The molecule has 3 fully saturated rings. The van der Waals surface area contributed by atoms with Crippen LogP contribution in [0, 0.1) is 6.92 Å². The van der Waals surface area contributed by atoms with Gasteiger partial charge in [-0.3, -0.25) is 14.5 Å². The molecule has 7 heteroatoms. The number of ether oxygens (including phenoxy) is 1. The molecule has 29 heavy (non-hydrogen) atoms. The Morgan fingerprint density at radius 3 is 2.48 bits per heavy atom. The Morgan fingerprint density at radius 1 is 1.07 bits per heavy atom. The normalized spacial score (nSPS) is 22.2. The Balaban J connectivity index is 1.35. The second-order valence-electron chi connectivity index (χ2n) is 8.62. The molecule has 7 nitrogen and oxygen atoms in total. The smallest absolute Gasteiger partial charge is 0.254 e. The highest BCUT2D eigenvalue weighted by Gasteiger charge is 2.42. The van der Waals surface area contributed by atoms with Crippen LogP contribution in [0.15, 0.2) is 18.2 Å². The lowest BCUT2D eigenvalue weighted by Gasteiger charge is -2.47. The summed E-state index contributed by atoms with van der Waals surface area (Å²) in [5.41, 5.74) is 0.934. The van der Waals surface area contributed by atoms with Crippen molar-refractivity contribution in [1.29, 1.82) is 0 Å². The Morgan fingerprint density at radius 2 is 1.79 bits per heavy atom. The van der Waals surface area contributed by atoms with E-state index in [1.54, 1.807) is 25.1 Å². The highest BCUT2D eigenvalue weighted by Crippen LogP contribution is 2.31. The largest absolute Gasteiger partial charge is 0.508 e. The molecule has 1 N–H and O–H groups in total. The predicted octanol–water partition coefficient (Wildman–Crippen LogP) is 1.63. The zero-order chi connectivity index (χ0) is 20.4. The van der Waals surface area contributed by atoms with Gasteiger partial charge in [-0.2, -0.15) is 0 Å². The number of aryl methyl sites for hydroxylation is 1. The van der Waals surface area contributed by atoms with Gasteiger partial charge in [0.25, 0.3) is 5.91 Å². The van der Waals surface area contributed by atoms with Crippen LogP contribution < -0.4 is 0 Å². The van der Waals surface area contributed by atoms with Crippen LogP contribution in [-0.2, 0) is 9.53 Å². The summed E-state index contributed by atoms with van der Waals surface area (Å²) >= 11 is 0. The van der Waals surface area contributed by atoms with Crippen molar-refractivity contribution in [1.82, 2.24) is 14.7 Å². The third kappa shape index (κ3) is 4.41. The number of amides is 2. The van der Waals surface area contributed by atoms with Crippen LogP contribution in [0.25, 0.3) is 0 Å². The summed E-state index contributed by atoms with van der Waals surface area (Å²) in [6.45, 7) is 7.39. The zero-order valence-corrected chi connectivity index (χ0v) is 17.2. The first-order chi connectivity index (χ1) is 14.0. The van der Waals surface area contributed by atoms with Gasteiger partial charge in [-0.05, 0) is 69.5 Å². The fourth-order valence-corrected chi connectivity index (χ4v) is 4.69. The fraction of sp³-hybridized carbons (Fsp3) is 0.636. The van der Waals surface area contributed by atoms with Crippen molar-refractivity contribution in [3.8, 4) is 5.75 Å². The van der Waals surface area contributed by atoms with E-state index >= 15 is 0 Å². The lowest BCUT2D eigenvalue weighted by atomic mass is 9.89. The summed E-state index contributed by atoms with van der Waals surface area (Å²) in [6, 6.07) is 4.98. The van der Waals surface area contributed by atoms with Gasteiger partial charge in [0.05, 0.1) is 25.3 Å². The number of likely N-dealkylation sites (tertiary alicyclic amines) is 2. The van der Waals surface area contributed by atoms with Crippen molar-refractivity contribution in [2.24, 2.45) is 0 Å². The molecule has 0 aliphatic carbocycles. The Bertz CT molecular complexity index is 767. The molecule has 0 radical (unpaired) electrons. The van der Waals surface area contributed by atoms with Crippen LogP contribution in [0.2, 0.25) is 0 Å². The van der Waals surface area contributed by atoms with Crippen molar-refractivity contribution >= 4 is 11.8 Å². The number of morpholine rings is 1. The van der Waals surface area contributed by atoms with E-state index in [-0.39, 0.29) is 23.2 Å². The summed E-state index contributed by atoms with van der Waals surface area (Å²) in [6.07, 6.45) is 3.90. The van der Waals surface area contributed by atoms with Crippen molar-refractivity contribution in [2.45, 2.75) is 38.2 Å². The van der Waals surface area contributed by atoms with Crippen LogP contribution in [0.3, 0.4) is 0 Å². The maximum atomic E-state index is 13.0. The van der Waals surface area contributed by atoms with Gasteiger partial charge in [0.15, 0.2) is 0 Å². The van der Waals surface area contributed by atoms with Crippen LogP contribution in [0.4, 0.5) is 0 Å². The highest BCUT2D eigenvalue weighted by atomic mass is 16.5. The second-order valence-corrected chi connectivity index (χ2v) is 8.62. The number of phenols is 1. The number of hydrogen-bond acceptors (Lipinski definition) is 5. The maximum Gasteiger partial charge on any atom is 0.254 e. The quantitative estimate of drug-likeness (QED) is 0.833. The number of carbonyl (C=O) groups is 2. The molecule has 2 amide bonds. The second kappa shape index (κ2) is 8.32. The van der Waals surface area contributed by atoms with Gasteiger partial charge >= 0.3 is 0 Å². The molecule has 3 aliphatic heterocycles. The van der Waals surface area contributed by atoms with Crippen molar-refractivity contribution in [2.75, 3.05) is 52.4 Å². The molecule has 158 valence electrons. The summed E-state index contributed by atoms with van der Waals surface area (Å²) in [5, 5.41) is 9.71. The zero-order valence-electron chi connectivity index (χ0n) is 17.2. The molecule has 3 heterocycles. The van der Waals surface area contributed by atoms with Crippen molar-refractivity contribution < 1.29 is 19.4 Å². The van der Waals surface area contributed by atoms with Crippen LogP contribution in [-0.4, -0.2) is 89.6 Å². The molecule has 3 aliphatic rings. The third-order valence-electron chi connectivity index (χ3n) is 6.56. The molecule has 0 saturated carbocycles. The lowest BCUT2D eigenvalue weighted by Crippen LogP contribution is -2.59. The summed E-state index contributed by atoms with van der Waals surface area (Å²) < 4.78 is 6.14. The summed E-state index contributed by atoms with van der Waals surface area (Å²) in [4.78, 5) is 31.6. The average Bonchev–Trinajstić information content (AvgIpc) is 3.23. The van der Waals surface area contributed by atoms with E-state index < -0.39 is 0 Å². The Kier molecular flexibility index (Phi) is 5.79. The molecule has 4 rings (SSSR count). The van der Waals surface area contributed by atoms with Crippen LogP contribution in [0.1, 0.15) is 41.6 Å². The molecule has 0 bridgehead atoms. The van der Waals surface area contributed by atoms with Gasteiger partial charge in [0, 0.05) is 25.2 Å². The third-order valence-corrected chi connectivity index (χ3v) is 6.56. The summed E-state index contributed by atoms with van der Waals surface area (Å²) in [7, 11) is 0.